The van der Waals surface area contributed by atoms with Crippen molar-refractivity contribution in [1.82, 2.24) is 0 Å². The van der Waals surface area contributed by atoms with Crippen LogP contribution >= 0.6 is 0 Å². The summed E-state index contributed by atoms with van der Waals surface area (Å²) in [5, 5.41) is 0. The molecule has 1 aliphatic carbocycles. The first-order valence-corrected chi connectivity index (χ1v) is 12.8. The summed E-state index contributed by atoms with van der Waals surface area (Å²) in [5.41, 5.74) is 0. The summed E-state index contributed by atoms with van der Waals surface area (Å²) >= 11 is 0. The van der Waals surface area contributed by atoms with Crippen molar-refractivity contribution in [3.63, 3.8) is 0 Å². The number of rotatable bonds is 16. The predicted octanol–water partition coefficient (Wildman–Crippen LogP) is 9.57. The van der Waals surface area contributed by atoms with E-state index in [1.54, 1.807) is 25.7 Å². The standard InChI is InChI=1S/C26H52/c1-5-9-11-13-15-17-19-25-21-23(7-3)24(8-4)22-26(25)20-18-16-14-12-10-6-2/h23-26H,5-22H2,1-4H3. The summed E-state index contributed by atoms with van der Waals surface area (Å²) in [4.78, 5) is 0. The summed E-state index contributed by atoms with van der Waals surface area (Å²) in [6.45, 7) is 9.54. The third kappa shape index (κ3) is 9.80. The molecule has 0 radical (unpaired) electrons. The van der Waals surface area contributed by atoms with Crippen molar-refractivity contribution >= 4 is 0 Å². The molecular weight excluding hydrogens is 312 g/mol. The van der Waals surface area contributed by atoms with E-state index >= 15 is 0 Å². The lowest BCUT2D eigenvalue weighted by atomic mass is 9.64. The summed E-state index contributed by atoms with van der Waals surface area (Å²) in [6, 6.07) is 0. The molecule has 0 N–H and O–H groups in total. The lowest BCUT2D eigenvalue weighted by molar-refractivity contribution is 0.0902. The Morgan fingerprint density at radius 1 is 0.423 bits per heavy atom. The normalized spacial score (nSPS) is 26.3. The molecule has 0 amide bonds. The summed E-state index contributed by atoms with van der Waals surface area (Å²) < 4.78 is 0. The van der Waals surface area contributed by atoms with Gasteiger partial charge in [0.15, 0.2) is 0 Å². The van der Waals surface area contributed by atoms with Gasteiger partial charge in [-0.3, -0.25) is 0 Å². The van der Waals surface area contributed by atoms with Crippen molar-refractivity contribution < 1.29 is 0 Å². The Kier molecular flexibility index (Phi) is 14.8. The first-order chi connectivity index (χ1) is 12.8. The van der Waals surface area contributed by atoms with Crippen molar-refractivity contribution in [2.75, 3.05) is 0 Å². The van der Waals surface area contributed by atoms with E-state index in [-0.39, 0.29) is 0 Å². The SMILES string of the molecule is CCCCCCCCC1CC(CC)C(CC)CC1CCCCCCCC. The van der Waals surface area contributed by atoms with E-state index in [1.165, 1.54) is 89.9 Å². The Morgan fingerprint density at radius 2 is 0.769 bits per heavy atom. The molecule has 0 aromatic heterocycles. The Balaban J connectivity index is 2.38. The van der Waals surface area contributed by atoms with Crippen LogP contribution in [0.25, 0.3) is 0 Å². The molecular formula is C26H52. The summed E-state index contributed by atoms with van der Waals surface area (Å²) in [6.07, 6.45) is 26.6. The average molecular weight is 365 g/mol. The van der Waals surface area contributed by atoms with Crippen LogP contribution in [0.2, 0.25) is 0 Å². The van der Waals surface area contributed by atoms with Crippen LogP contribution in [0.4, 0.5) is 0 Å². The third-order valence-corrected chi connectivity index (χ3v) is 7.45. The summed E-state index contributed by atoms with van der Waals surface area (Å²) in [7, 11) is 0. The largest absolute Gasteiger partial charge is 0.0654 e. The second kappa shape index (κ2) is 16.0. The number of hydrogen-bond donors (Lipinski definition) is 0. The van der Waals surface area contributed by atoms with Crippen molar-refractivity contribution in [2.24, 2.45) is 23.7 Å². The van der Waals surface area contributed by atoms with Crippen molar-refractivity contribution in [3.05, 3.63) is 0 Å². The molecule has 0 bridgehead atoms. The van der Waals surface area contributed by atoms with E-state index in [4.69, 9.17) is 0 Å². The van der Waals surface area contributed by atoms with E-state index in [9.17, 15) is 0 Å². The third-order valence-electron chi connectivity index (χ3n) is 7.45. The van der Waals surface area contributed by atoms with E-state index in [0.29, 0.717) is 0 Å². The van der Waals surface area contributed by atoms with Gasteiger partial charge >= 0.3 is 0 Å². The van der Waals surface area contributed by atoms with Gasteiger partial charge in [-0.15, -0.1) is 0 Å². The number of unbranched alkanes of at least 4 members (excludes halogenated alkanes) is 10. The van der Waals surface area contributed by atoms with Gasteiger partial charge in [0, 0.05) is 0 Å². The van der Waals surface area contributed by atoms with Crippen LogP contribution in [0.15, 0.2) is 0 Å². The molecule has 0 nitrogen and oxygen atoms in total. The van der Waals surface area contributed by atoms with Crippen LogP contribution < -0.4 is 0 Å². The molecule has 0 aromatic rings. The second-order valence-electron chi connectivity index (χ2n) is 9.44. The number of hydrogen-bond acceptors (Lipinski definition) is 0. The maximum absolute atomic E-state index is 2.45. The molecule has 156 valence electrons. The van der Waals surface area contributed by atoms with Crippen LogP contribution in [0.3, 0.4) is 0 Å². The summed E-state index contributed by atoms with van der Waals surface area (Å²) in [5.74, 6) is 4.19. The molecule has 1 saturated carbocycles. The molecule has 26 heavy (non-hydrogen) atoms. The molecule has 0 heterocycles. The monoisotopic (exact) mass is 364 g/mol. The smallest absolute Gasteiger partial charge is 0.0383 e. The van der Waals surface area contributed by atoms with Crippen molar-refractivity contribution in [2.45, 2.75) is 143 Å². The van der Waals surface area contributed by atoms with E-state index in [0.717, 1.165) is 23.7 Å². The molecule has 0 heteroatoms. The van der Waals surface area contributed by atoms with Crippen LogP contribution in [-0.2, 0) is 0 Å². The quantitative estimate of drug-likeness (QED) is 0.239. The highest BCUT2D eigenvalue weighted by molar-refractivity contribution is 4.85. The van der Waals surface area contributed by atoms with Gasteiger partial charge in [0.25, 0.3) is 0 Å². The fourth-order valence-electron chi connectivity index (χ4n) is 5.63. The van der Waals surface area contributed by atoms with E-state index < -0.39 is 0 Å². The van der Waals surface area contributed by atoms with E-state index in [1.807, 2.05) is 0 Å². The van der Waals surface area contributed by atoms with Crippen LogP contribution in [-0.4, -0.2) is 0 Å². The lowest BCUT2D eigenvalue weighted by Gasteiger charge is -2.42. The van der Waals surface area contributed by atoms with Gasteiger partial charge in [-0.1, -0.05) is 130 Å². The van der Waals surface area contributed by atoms with Gasteiger partial charge in [-0.25, -0.2) is 0 Å². The molecule has 4 unspecified atom stereocenters. The molecule has 0 saturated heterocycles. The highest BCUT2D eigenvalue weighted by Gasteiger charge is 2.34. The topological polar surface area (TPSA) is 0 Å². The maximum Gasteiger partial charge on any atom is -0.0383 e. The minimum Gasteiger partial charge on any atom is -0.0654 e. The van der Waals surface area contributed by atoms with Crippen LogP contribution in [0.5, 0.6) is 0 Å². The first-order valence-electron chi connectivity index (χ1n) is 12.8. The zero-order valence-electron chi connectivity index (χ0n) is 19.0. The molecule has 0 spiro atoms. The Morgan fingerprint density at radius 3 is 1.12 bits per heavy atom. The van der Waals surface area contributed by atoms with Crippen molar-refractivity contribution in [3.8, 4) is 0 Å². The Hall–Kier alpha value is 0. The minimum absolute atomic E-state index is 1.03. The molecule has 1 aliphatic rings. The highest BCUT2D eigenvalue weighted by Crippen LogP contribution is 2.45. The van der Waals surface area contributed by atoms with Crippen molar-refractivity contribution in [1.29, 1.82) is 0 Å². The van der Waals surface area contributed by atoms with Gasteiger partial charge < -0.3 is 0 Å². The molecule has 1 rings (SSSR count). The van der Waals surface area contributed by atoms with Crippen LogP contribution in [0.1, 0.15) is 143 Å². The van der Waals surface area contributed by atoms with Gasteiger partial charge in [0.1, 0.15) is 0 Å². The van der Waals surface area contributed by atoms with Gasteiger partial charge in [-0.05, 0) is 36.5 Å². The lowest BCUT2D eigenvalue weighted by Crippen LogP contribution is -2.31. The maximum atomic E-state index is 2.45. The second-order valence-corrected chi connectivity index (χ2v) is 9.44. The zero-order chi connectivity index (χ0) is 19.0. The average Bonchev–Trinajstić information content (AvgIpc) is 2.67. The van der Waals surface area contributed by atoms with Gasteiger partial charge in [0.05, 0.1) is 0 Å². The zero-order valence-corrected chi connectivity index (χ0v) is 19.0. The van der Waals surface area contributed by atoms with E-state index in [2.05, 4.69) is 27.7 Å². The molecule has 0 aliphatic heterocycles. The van der Waals surface area contributed by atoms with Crippen LogP contribution in [0, 0.1) is 23.7 Å². The molecule has 0 aromatic carbocycles. The molecule has 4 atom stereocenters. The first kappa shape index (κ1) is 24.0. The molecule has 1 fully saturated rings. The highest BCUT2D eigenvalue weighted by atomic mass is 14.4. The Bertz CT molecular complexity index is 264. The predicted molar refractivity (Wildman–Crippen MR) is 120 cm³/mol. The fraction of sp³-hybridized carbons (Fsp3) is 1.00. The Labute approximate surface area is 167 Å². The van der Waals surface area contributed by atoms with Gasteiger partial charge in [0.2, 0.25) is 0 Å². The minimum atomic E-state index is 1.03. The van der Waals surface area contributed by atoms with Gasteiger partial charge in [-0.2, -0.15) is 0 Å². The fourth-order valence-corrected chi connectivity index (χ4v) is 5.63.